The second kappa shape index (κ2) is 21.3. The molecule has 0 amide bonds. The monoisotopic (exact) mass is 781 g/mol. The third-order valence-corrected chi connectivity index (χ3v) is 13.0. The fraction of sp³-hybridized carbons (Fsp3) is 0.0238. The molecular weight excluding hydrogens is 747 g/mol. The molecule has 7 rings (SSSR count). The van der Waals surface area contributed by atoms with Crippen molar-refractivity contribution in [3.63, 3.8) is 0 Å². The Bertz CT molecular complexity index is 1760. The SMILES string of the molecule is ClCCl.O=Cc1ccc[n-]1.[Cu+].c1ccc([PH+](c2ccccc2)c2ccccc2Oc2ccccc2[PH+](c2ccccc2)c2ccccc2)cc1. The minimum Gasteiger partial charge on any atom is -0.661 e. The largest absolute Gasteiger partial charge is 1.00 e. The maximum absolute atomic E-state index is 9.81. The van der Waals surface area contributed by atoms with Crippen LogP contribution in [0.2, 0.25) is 0 Å². The Labute approximate surface area is 317 Å². The van der Waals surface area contributed by atoms with Crippen LogP contribution in [0.15, 0.2) is 188 Å². The van der Waals surface area contributed by atoms with E-state index in [1.54, 1.807) is 18.3 Å². The third kappa shape index (κ3) is 10.8. The van der Waals surface area contributed by atoms with Crippen LogP contribution in [-0.2, 0) is 17.1 Å². The molecule has 0 saturated carbocycles. The van der Waals surface area contributed by atoms with Gasteiger partial charge in [-0.25, -0.2) is 0 Å². The number of aldehydes is 1. The number of hydrogen-bond donors (Lipinski definition) is 0. The normalized spacial score (nSPS) is 10.2. The Hall–Kier alpha value is -3.97. The van der Waals surface area contributed by atoms with Gasteiger partial charge in [-0.2, -0.15) is 6.20 Å². The van der Waals surface area contributed by atoms with Crippen LogP contribution in [-0.4, -0.2) is 11.6 Å². The Kier molecular flexibility index (Phi) is 16.5. The molecule has 3 nitrogen and oxygen atoms in total. The average molecular weight is 783 g/mol. The zero-order valence-corrected chi connectivity index (χ0v) is 31.5. The predicted octanol–water partition coefficient (Wildman–Crippen LogP) is 8.34. The van der Waals surface area contributed by atoms with Crippen molar-refractivity contribution in [3.8, 4) is 11.5 Å². The summed E-state index contributed by atoms with van der Waals surface area (Å²) < 4.78 is 6.94. The van der Waals surface area contributed by atoms with E-state index in [9.17, 15) is 4.79 Å². The number of hydrogen-bond acceptors (Lipinski definition) is 2. The van der Waals surface area contributed by atoms with Crippen LogP contribution in [0.4, 0.5) is 0 Å². The molecule has 6 aromatic carbocycles. The van der Waals surface area contributed by atoms with Crippen LogP contribution < -0.4 is 41.5 Å². The van der Waals surface area contributed by atoms with Crippen LogP contribution in [0, 0.1) is 0 Å². The van der Waals surface area contributed by atoms with E-state index in [0.29, 0.717) is 5.69 Å². The molecule has 254 valence electrons. The third-order valence-electron chi connectivity index (χ3n) is 7.48. The Morgan fingerprint density at radius 1 is 0.480 bits per heavy atom. The minimum absolute atomic E-state index is 0. The molecule has 0 aliphatic carbocycles. The number of rotatable bonds is 9. The van der Waals surface area contributed by atoms with Gasteiger partial charge in [-0.05, 0) is 72.8 Å². The summed E-state index contributed by atoms with van der Waals surface area (Å²) in [6.07, 6.45) is 2.31. The van der Waals surface area contributed by atoms with Gasteiger partial charge in [0, 0.05) is 0 Å². The standard InChI is InChI=1S/C36H28OP2.C5H5NO.CH2Cl2.Cu/c1-5-17-29(18-6-1)38(30-19-7-2-8-20-30)35-27-15-13-25-33(35)37-34-26-14-16-28-36(34)39(31-21-9-3-10-22-31)32-23-11-4-12-24-32;7-4-5-2-1-3-6-5;2-1-3;/h1-28H;1-4H,(H,6,7);1H2;/q;;;+1/p+1. The molecule has 8 heteroatoms. The Morgan fingerprint density at radius 3 is 1.08 bits per heavy atom. The first-order valence-electron chi connectivity index (χ1n) is 15.7. The van der Waals surface area contributed by atoms with Gasteiger partial charge in [0.05, 0.1) is 5.34 Å². The van der Waals surface area contributed by atoms with Crippen molar-refractivity contribution in [1.82, 2.24) is 4.98 Å². The molecule has 50 heavy (non-hydrogen) atoms. The zero-order valence-electron chi connectivity index (χ0n) is 27.0. The predicted molar refractivity (Wildman–Crippen MR) is 215 cm³/mol. The van der Waals surface area contributed by atoms with Gasteiger partial charge < -0.3 is 9.72 Å². The molecule has 0 unspecified atom stereocenters. The number of ether oxygens (including phenoxy) is 1. The van der Waals surface area contributed by atoms with E-state index in [4.69, 9.17) is 27.9 Å². The summed E-state index contributed by atoms with van der Waals surface area (Å²) in [4.78, 5) is 13.5. The van der Waals surface area contributed by atoms with Gasteiger partial charge in [0.25, 0.3) is 0 Å². The molecule has 0 N–H and O–H groups in total. The minimum atomic E-state index is -1.28. The number of carbonyl (C=O) groups is 1. The van der Waals surface area contributed by atoms with Gasteiger partial charge in [0.1, 0.15) is 54.0 Å². The Morgan fingerprint density at radius 2 is 0.800 bits per heavy atom. The molecule has 1 heterocycles. The molecule has 0 bridgehead atoms. The summed E-state index contributed by atoms with van der Waals surface area (Å²) in [5, 5.41) is 8.08. The first kappa shape index (κ1) is 38.8. The second-order valence-electron chi connectivity index (χ2n) is 10.6. The maximum atomic E-state index is 9.81. The Balaban J connectivity index is 0.000000446. The summed E-state index contributed by atoms with van der Waals surface area (Å²) in [7, 11) is -2.56. The first-order chi connectivity index (χ1) is 24.2. The quantitative estimate of drug-likeness (QED) is 0.0641. The zero-order chi connectivity index (χ0) is 34.1. The van der Waals surface area contributed by atoms with Gasteiger partial charge >= 0.3 is 17.1 Å². The van der Waals surface area contributed by atoms with Crippen molar-refractivity contribution < 1.29 is 26.6 Å². The van der Waals surface area contributed by atoms with E-state index in [0.717, 1.165) is 17.8 Å². The van der Waals surface area contributed by atoms with Gasteiger partial charge in [-0.15, -0.1) is 23.2 Å². The molecule has 0 atom stereocenters. The van der Waals surface area contributed by atoms with Crippen LogP contribution >= 0.6 is 39.0 Å². The molecule has 0 saturated heterocycles. The average Bonchev–Trinajstić information content (AvgIpc) is 3.70. The molecule has 0 radical (unpaired) electrons. The van der Waals surface area contributed by atoms with Gasteiger partial charge in [-0.1, -0.05) is 115 Å². The van der Waals surface area contributed by atoms with Crippen molar-refractivity contribution in [2.45, 2.75) is 0 Å². The number of nitrogens with zero attached hydrogens (tertiary/aromatic N) is 1. The van der Waals surface area contributed by atoms with E-state index in [-0.39, 0.29) is 22.4 Å². The fourth-order valence-corrected chi connectivity index (χ4v) is 10.7. The van der Waals surface area contributed by atoms with Crippen LogP contribution in [0.3, 0.4) is 0 Å². The molecular formula is C42H36Cl2CuNO2P2+2. The van der Waals surface area contributed by atoms with Crippen LogP contribution in [0.5, 0.6) is 11.5 Å². The molecule has 0 aliphatic heterocycles. The second-order valence-corrected chi connectivity index (χ2v) is 16.3. The number of para-hydroxylation sites is 2. The number of halogens is 2. The van der Waals surface area contributed by atoms with Crippen molar-refractivity contribution in [3.05, 3.63) is 194 Å². The fourth-order valence-electron chi connectivity index (χ4n) is 5.40. The smallest absolute Gasteiger partial charge is 0.661 e. The van der Waals surface area contributed by atoms with E-state index >= 15 is 0 Å². The van der Waals surface area contributed by atoms with Gasteiger partial charge in [0.2, 0.25) is 0 Å². The maximum Gasteiger partial charge on any atom is 1.00 e. The molecule has 1 aromatic heterocycles. The first-order valence-corrected chi connectivity index (χ1v) is 19.8. The van der Waals surface area contributed by atoms with Crippen molar-refractivity contribution in [1.29, 1.82) is 0 Å². The van der Waals surface area contributed by atoms with E-state index in [2.05, 4.69) is 175 Å². The van der Waals surface area contributed by atoms with Gasteiger partial charge in [0.15, 0.2) is 11.5 Å². The number of aromatic nitrogens is 1. The molecule has 7 aromatic rings. The summed E-state index contributed by atoms with van der Waals surface area (Å²) in [6, 6.07) is 64.0. The molecule has 0 spiro atoms. The molecule has 0 fully saturated rings. The summed E-state index contributed by atoms with van der Waals surface area (Å²) in [5.41, 5.74) is 0.500. The van der Waals surface area contributed by atoms with Gasteiger partial charge in [-0.3, -0.25) is 4.79 Å². The van der Waals surface area contributed by atoms with Crippen LogP contribution in [0.25, 0.3) is 0 Å². The van der Waals surface area contributed by atoms with Crippen molar-refractivity contribution in [2.24, 2.45) is 0 Å². The molecule has 0 aliphatic rings. The summed E-state index contributed by atoms with van der Waals surface area (Å²) in [5.74, 6) is 1.85. The number of benzene rings is 6. The van der Waals surface area contributed by atoms with Crippen molar-refractivity contribution in [2.75, 3.05) is 5.34 Å². The topological polar surface area (TPSA) is 40.4 Å². The number of carbonyl (C=O) groups excluding carboxylic acids is 1. The van der Waals surface area contributed by atoms with E-state index in [1.165, 1.54) is 31.8 Å². The summed E-state index contributed by atoms with van der Waals surface area (Å²) in [6.45, 7) is 0. The van der Waals surface area contributed by atoms with Crippen molar-refractivity contribution >= 4 is 77.2 Å². The van der Waals surface area contributed by atoms with E-state index in [1.807, 2.05) is 0 Å². The van der Waals surface area contributed by atoms with Crippen LogP contribution in [0.1, 0.15) is 10.5 Å². The van der Waals surface area contributed by atoms with E-state index < -0.39 is 15.8 Å². The number of alkyl halides is 2. The summed E-state index contributed by atoms with van der Waals surface area (Å²) >= 11 is 9.53.